The van der Waals surface area contributed by atoms with Crippen LogP contribution in [0.25, 0.3) is 0 Å². The number of nitrogens with zero attached hydrogens (tertiary/aromatic N) is 2. The van der Waals surface area contributed by atoms with Gasteiger partial charge in [-0.3, -0.25) is 14.5 Å². The van der Waals surface area contributed by atoms with Gasteiger partial charge in [-0.2, -0.15) is 0 Å². The van der Waals surface area contributed by atoms with E-state index in [0.717, 1.165) is 12.8 Å². The van der Waals surface area contributed by atoms with Gasteiger partial charge in [0, 0.05) is 13.1 Å². The maximum atomic E-state index is 12.3. The van der Waals surface area contributed by atoms with Crippen molar-refractivity contribution in [2.75, 3.05) is 31.1 Å². The Morgan fingerprint density at radius 3 is 2.64 bits per heavy atom. The number of carboxylic acids is 1. The summed E-state index contributed by atoms with van der Waals surface area (Å²) in [5.74, 6) is -1.15. The summed E-state index contributed by atoms with van der Waals surface area (Å²) in [7, 11) is 0. The second kappa shape index (κ2) is 5.67. The quantitative estimate of drug-likeness (QED) is 0.889. The number of rotatable bonds is 3. The van der Waals surface area contributed by atoms with Gasteiger partial charge in [0.2, 0.25) is 5.91 Å². The SMILES string of the molecule is O=C(O)c1ccc2c(c1)N(CC(=O)N1CCCC1)C(=O)CO2. The van der Waals surface area contributed by atoms with E-state index in [-0.39, 0.29) is 30.5 Å². The molecule has 0 saturated carbocycles. The van der Waals surface area contributed by atoms with Gasteiger partial charge in [0.15, 0.2) is 6.61 Å². The molecule has 0 atom stereocenters. The van der Waals surface area contributed by atoms with Crippen LogP contribution in [-0.4, -0.2) is 54.0 Å². The van der Waals surface area contributed by atoms with E-state index in [4.69, 9.17) is 9.84 Å². The van der Waals surface area contributed by atoms with E-state index < -0.39 is 5.97 Å². The fourth-order valence-electron chi connectivity index (χ4n) is 2.71. The molecule has 1 saturated heterocycles. The first-order valence-electron chi connectivity index (χ1n) is 7.14. The number of likely N-dealkylation sites (tertiary alicyclic amines) is 1. The first-order valence-corrected chi connectivity index (χ1v) is 7.14. The molecule has 1 fully saturated rings. The van der Waals surface area contributed by atoms with Crippen LogP contribution in [0.5, 0.6) is 5.75 Å². The number of aromatic carboxylic acids is 1. The van der Waals surface area contributed by atoms with Gasteiger partial charge in [0.1, 0.15) is 12.3 Å². The molecule has 0 aliphatic carbocycles. The first-order chi connectivity index (χ1) is 10.6. The minimum Gasteiger partial charge on any atom is -0.482 e. The summed E-state index contributed by atoms with van der Waals surface area (Å²) >= 11 is 0. The van der Waals surface area contributed by atoms with Gasteiger partial charge in [0.25, 0.3) is 5.91 Å². The Hall–Kier alpha value is -2.57. The molecule has 2 aliphatic heterocycles. The molecule has 0 unspecified atom stereocenters. The topological polar surface area (TPSA) is 87.2 Å². The van der Waals surface area contributed by atoms with Crippen LogP contribution in [0.4, 0.5) is 5.69 Å². The van der Waals surface area contributed by atoms with Crippen molar-refractivity contribution in [3.05, 3.63) is 23.8 Å². The fraction of sp³-hybridized carbons (Fsp3) is 0.400. The number of amides is 2. The number of benzene rings is 1. The van der Waals surface area contributed by atoms with Crippen molar-refractivity contribution < 1.29 is 24.2 Å². The van der Waals surface area contributed by atoms with Gasteiger partial charge in [-0.1, -0.05) is 0 Å². The molecule has 22 heavy (non-hydrogen) atoms. The number of carboxylic acid groups (broad SMARTS) is 1. The summed E-state index contributed by atoms with van der Waals surface area (Å²) in [6, 6.07) is 4.29. The van der Waals surface area contributed by atoms with E-state index in [1.165, 1.54) is 23.1 Å². The van der Waals surface area contributed by atoms with Crippen LogP contribution in [0.15, 0.2) is 18.2 Å². The molecule has 2 aliphatic rings. The number of carbonyl (C=O) groups excluding carboxylic acids is 2. The number of fused-ring (bicyclic) bond motifs is 1. The zero-order chi connectivity index (χ0) is 15.7. The van der Waals surface area contributed by atoms with Crippen molar-refractivity contribution in [1.82, 2.24) is 4.90 Å². The lowest BCUT2D eigenvalue weighted by Crippen LogP contribution is -2.45. The molecular weight excluding hydrogens is 288 g/mol. The lowest BCUT2D eigenvalue weighted by atomic mass is 10.1. The molecule has 2 amide bonds. The van der Waals surface area contributed by atoms with Crippen LogP contribution >= 0.6 is 0 Å². The summed E-state index contributed by atoms with van der Waals surface area (Å²) in [6.45, 7) is 1.18. The zero-order valence-corrected chi connectivity index (χ0v) is 11.9. The van der Waals surface area contributed by atoms with Crippen LogP contribution in [0.3, 0.4) is 0 Å². The number of hydrogen-bond acceptors (Lipinski definition) is 4. The third-order valence-corrected chi connectivity index (χ3v) is 3.90. The average molecular weight is 304 g/mol. The molecule has 7 heteroatoms. The largest absolute Gasteiger partial charge is 0.482 e. The molecule has 3 rings (SSSR count). The lowest BCUT2D eigenvalue weighted by molar-refractivity contribution is -0.131. The Kier molecular flexibility index (Phi) is 3.70. The van der Waals surface area contributed by atoms with Crippen molar-refractivity contribution in [3.8, 4) is 5.75 Å². The van der Waals surface area contributed by atoms with Gasteiger partial charge in [0.05, 0.1) is 11.3 Å². The molecule has 0 spiro atoms. The van der Waals surface area contributed by atoms with Crippen LogP contribution in [0.1, 0.15) is 23.2 Å². The normalized spacial score (nSPS) is 17.2. The van der Waals surface area contributed by atoms with Crippen molar-refractivity contribution in [3.63, 3.8) is 0 Å². The molecule has 116 valence electrons. The van der Waals surface area contributed by atoms with E-state index in [0.29, 0.717) is 24.5 Å². The summed E-state index contributed by atoms with van der Waals surface area (Å²) in [5, 5.41) is 9.07. The van der Waals surface area contributed by atoms with Gasteiger partial charge < -0.3 is 14.7 Å². The monoisotopic (exact) mass is 304 g/mol. The molecule has 1 aromatic carbocycles. The number of ether oxygens (including phenoxy) is 1. The summed E-state index contributed by atoms with van der Waals surface area (Å²) in [4.78, 5) is 38.5. The van der Waals surface area contributed by atoms with E-state index in [9.17, 15) is 14.4 Å². The van der Waals surface area contributed by atoms with E-state index in [1.54, 1.807) is 4.90 Å². The highest BCUT2D eigenvalue weighted by Gasteiger charge is 2.30. The van der Waals surface area contributed by atoms with E-state index in [1.807, 2.05) is 0 Å². The van der Waals surface area contributed by atoms with Gasteiger partial charge in [-0.25, -0.2) is 4.79 Å². The standard InChI is InChI=1S/C15H16N2O5/c18-13(16-5-1-2-6-16)8-17-11-7-10(15(20)21)3-4-12(11)22-9-14(17)19/h3-4,7H,1-2,5-6,8-9H2,(H,20,21). The second-order valence-electron chi connectivity index (χ2n) is 5.34. The Morgan fingerprint density at radius 1 is 1.23 bits per heavy atom. The highest BCUT2D eigenvalue weighted by atomic mass is 16.5. The number of carbonyl (C=O) groups is 3. The minimum atomic E-state index is -1.09. The van der Waals surface area contributed by atoms with E-state index in [2.05, 4.69) is 0 Å². The molecule has 1 aromatic rings. The summed E-state index contributed by atoms with van der Waals surface area (Å²) in [6.07, 6.45) is 1.95. The van der Waals surface area contributed by atoms with Crippen molar-refractivity contribution >= 4 is 23.5 Å². The zero-order valence-electron chi connectivity index (χ0n) is 11.9. The second-order valence-corrected chi connectivity index (χ2v) is 5.34. The maximum absolute atomic E-state index is 12.3. The average Bonchev–Trinajstić information content (AvgIpc) is 3.04. The molecular formula is C15H16N2O5. The molecule has 0 bridgehead atoms. The van der Waals surface area contributed by atoms with Crippen molar-refractivity contribution in [2.24, 2.45) is 0 Å². The highest BCUT2D eigenvalue weighted by molar-refractivity contribution is 6.03. The van der Waals surface area contributed by atoms with Crippen LogP contribution in [0.2, 0.25) is 0 Å². The Balaban J connectivity index is 1.87. The number of anilines is 1. The fourth-order valence-corrected chi connectivity index (χ4v) is 2.71. The van der Waals surface area contributed by atoms with Crippen LogP contribution in [-0.2, 0) is 9.59 Å². The van der Waals surface area contributed by atoms with Crippen LogP contribution in [0, 0.1) is 0 Å². The predicted molar refractivity (Wildman–Crippen MR) is 77.1 cm³/mol. The highest BCUT2D eigenvalue weighted by Crippen LogP contribution is 2.33. The van der Waals surface area contributed by atoms with Gasteiger partial charge >= 0.3 is 5.97 Å². The Labute approximate surface area is 127 Å². The Morgan fingerprint density at radius 2 is 1.95 bits per heavy atom. The minimum absolute atomic E-state index is 0.0515. The molecule has 7 nitrogen and oxygen atoms in total. The Bertz CT molecular complexity index is 637. The molecule has 0 aromatic heterocycles. The molecule has 1 N–H and O–H groups in total. The van der Waals surface area contributed by atoms with Crippen molar-refractivity contribution in [2.45, 2.75) is 12.8 Å². The molecule has 2 heterocycles. The summed E-state index contributed by atoms with van der Waals surface area (Å²) in [5.41, 5.74) is 0.388. The maximum Gasteiger partial charge on any atom is 0.335 e. The third-order valence-electron chi connectivity index (χ3n) is 3.90. The van der Waals surface area contributed by atoms with E-state index >= 15 is 0 Å². The van der Waals surface area contributed by atoms with Crippen molar-refractivity contribution in [1.29, 1.82) is 0 Å². The smallest absolute Gasteiger partial charge is 0.335 e. The lowest BCUT2D eigenvalue weighted by Gasteiger charge is -2.30. The predicted octanol–water partition coefficient (Wildman–Crippen LogP) is 0.733. The van der Waals surface area contributed by atoms with Gasteiger partial charge in [-0.15, -0.1) is 0 Å². The third kappa shape index (κ3) is 2.61. The number of hydrogen-bond donors (Lipinski definition) is 1. The first kappa shape index (κ1) is 14.4. The van der Waals surface area contributed by atoms with Gasteiger partial charge in [-0.05, 0) is 31.0 Å². The van der Waals surface area contributed by atoms with Crippen LogP contribution < -0.4 is 9.64 Å². The molecule has 0 radical (unpaired) electrons. The summed E-state index contributed by atoms with van der Waals surface area (Å²) < 4.78 is 5.30.